The molecule has 0 unspecified atom stereocenters. The summed E-state index contributed by atoms with van der Waals surface area (Å²) in [6, 6.07) is 54.3. The number of hydrogen-bond acceptors (Lipinski definition) is 3. The van der Waals surface area contributed by atoms with E-state index in [1.807, 2.05) is 34.4 Å². The van der Waals surface area contributed by atoms with E-state index >= 15 is 0 Å². The number of rotatable bonds is 3. The smallest absolute Gasteiger partial charge is 0.0433 e. The summed E-state index contributed by atoms with van der Waals surface area (Å²) in [5.41, 5.74) is 11.9. The lowest BCUT2D eigenvalue weighted by molar-refractivity contribution is 1.32. The first-order chi connectivity index (χ1) is 22.8. The Morgan fingerprint density at radius 2 is 0.826 bits per heavy atom. The van der Waals surface area contributed by atoms with Crippen molar-refractivity contribution in [3.8, 4) is 44.5 Å². The van der Waals surface area contributed by atoms with Gasteiger partial charge in [-0.3, -0.25) is 0 Å². The molecule has 0 fully saturated rings. The van der Waals surface area contributed by atoms with Crippen LogP contribution < -0.4 is 0 Å². The van der Waals surface area contributed by atoms with Crippen LogP contribution in [-0.2, 0) is 5.75 Å². The van der Waals surface area contributed by atoms with Gasteiger partial charge in [-0.25, -0.2) is 0 Å². The zero-order valence-electron chi connectivity index (χ0n) is 24.8. The van der Waals surface area contributed by atoms with E-state index in [1.165, 1.54) is 95.3 Å². The van der Waals surface area contributed by atoms with Gasteiger partial charge in [0.1, 0.15) is 0 Å². The van der Waals surface area contributed by atoms with Gasteiger partial charge < -0.3 is 0 Å². The van der Waals surface area contributed by atoms with Crippen molar-refractivity contribution in [2.24, 2.45) is 0 Å². The van der Waals surface area contributed by atoms with Crippen LogP contribution in [0.5, 0.6) is 0 Å². The number of thioether (sulfide) groups is 1. The van der Waals surface area contributed by atoms with Crippen molar-refractivity contribution in [2.45, 2.75) is 10.6 Å². The molecule has 0 radical (unpaired) electrons. The Balaban J connectivity index is 1.26. The van der Waals surface area contributed by atoms with Crippen LogP contribution in [0.1, 0.15) is 5.56 Å². The van der Waals surface area contributed by atoms with E-state index < -0.39 is 0 Å². The molecule has 10 rings (SSSR count). The molecule has 0 spiro atoms. The summed E-state index contributed by atoms with van der Waals surface area (Å²) in [5.74, 6) is 0.972. The Kier molecular flexibility index (Phi) is 6.02. The maximum Gasteiger partial charge on any atom is 0.0433 e. The predicted octanol–water partition coefficient (Wildman–Crippen LogP) is 13.7. The second kappa shape index (κ2) is 10.4. The van der Waals surface area contributed by atoms with Crippen molar-refractivity contribution in [3.05, 3.63) is 151 Å². The van der Waals surface area contributed by atoms with Crippen LogP contribution in [0, 0.1) is 0 Å². The molecule has 46 heavy (non-hydrogen) atoms. The predicted molar refractivity (Wildman–Crippen MR) is 204 cm³/mol. The second-order valence-electron chi connectivity index (χ2n) is 12.0. The molecule has 1 aliphatic heterocycles. The van der Waals surface area contributed by atoms with E-state index in [-0.39, 0.29) is 0 Å². The van der Waals surface area contributed by atoms with Crippen molar-refractivity contribution >= 4 is 74.8 Å². The van der Waals surface area contributed by atoms with Crippen LogP contribution in [0.15, 0.2) is 150 Å². The standard InChI is InChI=1S/C43H26S3/c1-4-19-39-33(10-1)32-16-7-13-29(38(32)25-44-39)26-22-27(30-14-8-17-36-34-11-2-5-20-40(34)45-42(30)36)24-28(23-26)31-15-9-18-37-35-12-3-6-21-41(35)46-43(31)37/h1-24H,25H2. The summed E-state index contributed by atoms with van der Waals surface area (Å²) in [4.78, 5) is 1.37. The molecule has 3 heteroatoms. The van der Waals surface area contributed by atoms with Gasteiger partial charge in [-0.15, -0.1) is 34.4 Å². The third kappa shape index (κ3) is 4.06. The van der Waals surface area contributed by atoms with Gasteiger partial charge in [0.2, 0.25) is 0 Å². The highest BCUT2D eigenvalue weighted by molar-refractivity contribution is 7.98. The van der Waals surface area contributed by atoms with Gasteiger partial charge in [0, 0.05) is 51.0 Å². The molecule has 0 saturated carbocycles. The first-order valence-electron chi connectivity index (χ1n) is 15.6. The van der Waals surface area contributed by atoms with Gasteiger partial charge in [0.25, 0.3) is 0 Å². The fourth-order valence-electron chi connectivity index (χ4n) is 7.27. The fourth-order valence-corrected chi connectivity index (χ4v) is 10.9. The van der Waals surface area contributed by atoms with Crippen molar-refractivity contribution in [1.29, 1.82) is 0 Å². The molecule has 9 aromatic rings. The van der Waals surface area contributed by atoms with Crippen molar-refractivity contribution in [1.82, 2.24) is 0 Å². The summed E-state index contributed by atoms with van der Waals surface area (Å²) in [6.45, 7) is 0. The van der Waals surface area contributed by atoms with Crippen LogP contribution in [0.2, 0.25) is 0 Å². The van der Waals surface area contributed by atoms with Gasteiger partial charge in [0.05, 0.1) is 0 Å². The van der Waals surface area contributed by atoms with Crippen molar-refractivity contribution < 1.29 is 0 Å². The van der Waals surface area contributed by atoms with E-state index in [2.05, 4.69) is 146 Å². The average Bonchev–Trinajstić information content (AvgIpc) is 3.70. The Morgan fingerprint density at radius 1 is 0.370 bits per heavy atom. The van der Waals surface area contributed by atoms with Crippen molar-refractivity contribution in [2.75, 3.05) is 0 Å². The summed E-state index contributed by atoms with van der Waals surface area (Å²) in [6.07, 6.45) is 0. The molecule has 2 aromatic heterocycles. The zero-order chi connectivity index (χ0) is 30.2. The molecule has 7 aromatic carbocycles. The van der Waals surface area contributed by atoms with Crippen LogP contribution in [0.3, 0.4) is 0 Å². The molecule has 0 bridgehead atoms. The Labute approximate surface area is 279 Å². The highest BCUT2D eigenvalue weighted by Gasteiger charge is 2.21. The minimum Gasteiger partial charge on any atom is -0.135 e. The molecular formula is C43H26S3. The summed E-state index contributed by atoms with van der Waals surface area (Å²) in [7, 11) is 0. The Bertz CT molecular complexity index is 2520. The summed E-state index contributed by atoms with van der Waals surface area (Å²) in [5, 5.41) is 5.34. The van der Waals surface area contributed by atoms with E-state index in [0.717, 1.165) is 5.75 Å². The van der Waals surface area contributed by atoms with Crippen molar-refractivity contribution in [3.63, 3.8) is 0 Å². The van der Waals surface area contributed by atoms with Crippen LogP contribution in [0.4, 0.5) is 0 Å². The molecule has 3 heterocycles. The molecule has 0 aliphatic carbocycles. The molecule has 0 atom stereocenters. The Morgan fingerprint density at radius 3 is 1.48 bits per heavy atom. The highest BCUT2D eigenvalue weighted by atomic mass is 32.2. The van der Waals surface area contributed by atoms with Gasteiger partial charge in [-0.2, -0.15) is 0 Å². The normalized spacial score (nSPS) is 12.6. The molecule has 216 valence electrons. The lowest BCUT2D eigenvalue weighted by Gasteiger charge is -2.23. The SMILES string of the molecule is c1ccc2c(c1)SCc1c(-c3cc(-c4cccc5c4sc4ccccc45)cc(-c4cccc5c4sc4ccccc45)c3)cccc1-2. The molecule has 0 amide bonds. The maximum atomic E-state index is 2.44. The number of fused-ring (bicyclic) bond motifs is 9. The number of hydrogen-bond donors (Lipinski definition) is 0. The van der Waals surface area contributed by atoms with Crippen LogP contribution >= 0.6 is 34.4 Å². The first-order valence-corrected chi connectivity index (χ1v) is 18.2. The molecule has 0 saturated heterocycles. The fraction of sp³-hybridized carbons (Fsp3) is 0.0233. The van der Waals surface area contributed by atoms with Gasteiger partial charge >= 0.3 is 0 Å². The molecule has 0 N–H and O–H groups in total. The van der Waals surface area contributed by atoms with Gasteiger partial charge in [-0.05, 0) is 86.5 Å². The topological polar surface area (TPSA) is 0 Å². The third-order valence-electron chi connectivity index (χ3n) is 9.40. The number of benzene rings is 7. The van der Waals surface area contributed by atoms with E-state index in [4.69, 9.17) is 0 Å². The molecule has 0 nitrogen and oxygen atoms in total. The minimum absolute atomic E-state index is 0.972. The molecular weight excluding hydrogens is 613 g/mol. The monoisotopic (exact) mass is 638 g/mol. The van der Waals surface area contributed by atoms with E-state index in [1.54, 1.807) is 0 Å². The first kappa shape index (κ1) is 26.5. The Hall–Kier alpha value is -4.67. The largest absolute Gasteiger partial charge is 0.135 e. The lowest BCUT2D eigenvalue weighted by Crippen LogP contribution is -1.99. The third-order valence-corrected chi connectivity index (χ3v) is 12.9. The van der Waals surface area contributed by atoms with E-state index in [0.29, 0.717) is 0 Å². The van der Waals surface area contributed by atoms with E-state index in [9.17, 15) is 0 Å². The van der Waals surface area contributed by atoms with Gasteiger partial charge in [-0.1, -0.05) is 109 Å². The maximum absolute atomic E-state index is 2.44. The quantitative estimate of drug-likeness (QED) is 0.186. The van der Waals surface area contributed by atoms with Crippen LogP contribution in [0.25, 0.3) is 84.9 Å². The van der Waals surface area contributed by atoms with Gasteiger partial charge in [0.15, 0.2) is 0 Å². The zero-order valence-corrected chi connectivity index (χ0v) is 27.2. The second-order valence-corrected chi connectivity index (χ2v) is 15.1. The lowest BCUT2D eigenvalue weighted by atomic mass is 9.88. The minimum atomic E-state index is 0.972. The highest BCUT2D eigenvalue weighted by Crippen LogP contribution is 2.48. The number of thiophene rings is 2. The average molecular weight is 639 g/mol. The van der Waals surface area contributed by atoms with Crippen LogP contribution in [-0.4, -0.2) is 0 Å². The summed E-state index contributed by atoms with van der Waals surface area (Å²) < 4.78 is 5.38. The summed E-state index contributed by atoms with van der Waals surface area (Å²) >= 11 is 5.76. The molecule has 1 aliphatic rings.